The van der Waals surface area contributed by atoms with Gasteiger partial charge in [0.15, 0.2) is 0 Å². The number of nitrogens with zero attached hydrogens (tertiary/aromatic N) is 3. The third-order valence-electron chi connectivity index (χ3n) is 3.12. The van der Waals surface area contributed by atoms with Crippen LogP contribution in [-0.2, 0) is 4.74 Å². The third-order valence-corrected chi connectivity index (χ3v) is 3.12. The van der Waals surface area contributed by atoms with Gasteiger partial charge in [-0.2, -0.15) is 10.2 Å². The molecule has 0 spiro atoms. The van der Waals surface area contributed by atoms with Gasteiger partial charge in [0.05, 0.1) is 18.8 Å². The monoisotopic (exact) mass is 273 g/mol. The molecule has 1 saturated heterocycles. The second-order valence-corrected chi connectivity index (χ2v) is 4.36. The quantitative estimate of drug-likeness (QED) is 0.839. The molecular formula is C14H12FN3O2. The van der Waals surface area contributed by atoms with Crippen LogP contribution < -0.4 is 4.90 Å². The van der Waals surface area contributed by atoms with Crippen LogP contribution >= 0.6 is 0 Å². The fourth-order valence-corrected chi connectivity index (χ4v) is 2.12. The molecule has 0 amide bonds. The lowest BCUT2D eigenvalue weighted by atomic mass is 10.2. The van der Waals surface area contributed by atoms with Gasteiger partial charge in [0.2, 0.25) is 17.5 Å². The summed E-state index contributed by atoms with van der Waals surface area (Å²) in [5, 5.41) is 9.15. The highest BCUT2D eigenvalue weighted by atomic mass is 19.1. The lowest BCUT2D eigenvalue weighted by Crippen LogP contribution is -2.36. The van der Waals surface area contributed by atoms with E-state index in [1.54, 1.807) is 18.2 Å². The van der Waals surface area contributed by atoms with Crippen molar-refractivity contribution in [2.75, 3.05) is 31.2 Å². The predicted molar refractivity (Wildman–Crippen MR) is 69.6 cm³/mol. The van der Waals surface area contributed by atoms with Crippen molar-refractivity contribution in [3.8, 4) is 17.5 Å². The van der Waals surface area contributed by atoms with E-state index in [0.29, 0.717) is 32.2 Å². The molecule has 0 N–H and O–H groups in total. The fraction of sp³-hybridized carbons (Fsp3) is 0.286. The number of benzene rings is 1. The van der Waals surface area contributed by atoms with E-state index < -0.39 is 5.82 Å². The van der Waals surface area contributed by atoms with Crippen molar-refractivity contribution in [1.82, 2.24) is 4.98 Å². The second-order valence-electron chi connectivity index (χ2n) is 4.36. The summed E-state index contributed by atoms with van der Waals surface area (Å²) in [6.07, 6.45) is 0. The molecule has 5 nitrogen and oxygen atoms in total. The van der Waals surface area contributed by atoms with Crippen LogP contribution in [0.5, 0.6) is 0 Å². The fourth-order valence-electron chi connectivity index (χ4n) is 2.12. The number of oxazole rings is 1. The van der Waals surface area contributed by atoms with Gasteiger partial charge >= 0.3 is 0 Å². The van der Waals surface area contributed by atoms with E-state index in [9.17, 15) is 4.39 Å². The van der Waals surface area contributed by atoms with Gasteiger partial charge in [-0.15, -0.1) is 0 Å². The number of halogens is 1. The number of anilines is 1. The summed E-state index contributed by atoms with van der Waals surface area (Å²) in [7, 11) is 0. The molecule has 2 heterocycles. The molecule has 0 unspecified atom stereocenters. The van der Waals surface area contributed by atoms with Crippen LogP contribution in [0.1, 0.15) is 5.69 Å². The molecule has 0 radical (unpaired) electrons. The zero-order valence-corrected chi connectivity index (χ0v) is 10.7. The molecule has 1 aromatic heterocycles. The molecule has 20 heavy (non-hydrogen) atoms. The smallest absolute Gasteiger partial charge is 0.235 e. The maximum absolute atomic E-state index is 13.7. The van der Waals surface area contributed by atoms with Gasteiger partial charge in [-0.25, -0.2) is 4.39 Å². The molecule has 3 rings (SSSR count). The first-order valence-electron chi connectivity index (χ1n) is 6.28. The molecule has 0 bridgehead atoms. The molecule has 1 aliphatic heterocycles. The van der Waals surface area contributed by atoms with E-state index in [0.717, 1.165) is 0 Å². The van der Waals surface area contributed by atoms with Gasteiger partial charge < -0.3 is 14.1 Å². The third kappa shape index (κ3) is 2.24. The molecular weight excluding hydrogens is 261 g/mol. The number of rotatable bonds is 2. The molecule has 0 aliphatic carbocycles. The number of ether oxygens (including phenoxy) is 1. The van der Waals surface area contributed by atoms with E-state index >= 15 is 0 Å². The van der Waals surface area contributed by atoms with Crippen molar-refractivity contribution in [3.63, 3.8) is 0 Å². The van der Waals surface area contributed by atoms with Gasteiger partial charge in [-0.1, -0.05) is 12.1 Å². The van der Waals surface area contributed by atoms with Crippen molar-refractivity contribution >= 4 is 5.88 Å². The van der Waals surface area contributed by atoms with E-state index in [-0.39, 0.29) is 17.1 Å². The number of hydrogen-bond donors (Lipinski definition) is 0. The van der Waals surface area contributed by atoms with Crippen LogP contribution in [0.3, 0.4) is 0 Å². The normalized spacial score (nSPS) is 15.1. The largest absolute Gasteiger partial charge is 0.419 e. The minimum absolute atomic E-state index is 0.126. The van der Waals surface area contributed by atoms with Crippen LogP contribution in [-0.4, -0.2) is 31.3 Å². The lowest BCUT2D eigenvalue weighted by Gasteiger charge is -2.25. The summed E-state index contributed by atoms with van der Waals surface area (Å²) in [6, 6.07) is 8.19. The minimum atomic E-state index is -0.424. The summed E-state index contributed by atoms with van der Waals surface area (Å²) < 4.78 is 24.6. The Hall–Kier alpha value is -2.39. The lowest BCUT2D eigenvalue weighted by molar-refractivity contribution is 0.121. The Morgan fingerprint density at radius 1 is 1.25 bits per heavy atom. The molecule has 1 fully saturated rings. The van der Waals surface area contributed by atoms with E-state index in [4.69, 9.17) is 14.4 Å². The van der Waals surface area contributed by atoms with Crippen molar-refractivity contribution in [2.45, 2.75) is 0 Å². The van der Waals surface area contributed by atoms with Crippen molar-refractivity contribution in [3.05, 3.63) is 35.8 Å². The highest BCUT2D eigenvalue weighted by Gasteiger charge is 2.23. The summed E-state index contributed by atoms with van der Waals surface area (Å²) in [6.45, 7) is 2.39. The molecule has 2 aromatic rings. The first-order valence-corrected chi connectivity index (χ1v) is 6.28. The number of nitriles is 1. The first-order chi connectivity index (χ1) is 9.79. The maximum Gasteiger partial charge on any atom is 0.235 e. The van der Waals surface area contributed by atoms with Gasteiger partial charge in [0, 0.05) is 13.1 Å². The summed E-state index contributed by atoms with van der Waals surface area (Å²) in [5.41, 5.74) is 0.425. The molecule has 0 saturated carbocycles. The van der Waals surface area contributed by atoms with Crippen LogP contribution in [0.15, 0.2) is 28.7 Å². The summed E-state index contributed by atoms with van der Waals surface area (Å²) >= 11 is 0. The Morgan fingerprint density at radius 2 is 2.00 bits per heavy atom. The minimum Gasteiger partial charge on any atom is -0.419 e. The Balaban J connectivity index is 2.01. The van der Waals surface area contributed by atoms with E-state index in [2.05, 4.69) is 4.98 Å². The number of hydrogen-bond acceptors (Lipinski definition) is 5. The Morgan fingerprint density at radius 3 is 2.70 bits per heavy atom. The van der Waals surface area contributed by atoms with Crippen LogP contribution in [0.4, 0.5) is 10.3 Å². The molecule has 6 heteroatoms. The molecule has 0 atom stereocenters. The van der Waals surface area contributed by atoms with Crippen molar-refractivity contribution in [1.29, 1.82) is 5.26 Å². The van der Waals surface area contributed by atoms with E-state index in [1.165, 1.54) is 6.07 Å². The second kappa shape index (κ2) is 5.31. The van der Waals surface area contributed by atoms with Crippen molar-refractivity contribution in [2.24, 2.45) is 0 Å². The number of morpholine rings is 1. The average molecular weight is 273 g/mol. The maximum atomic E-state index is 13.7. The van der Waals surface area contributed by atoms with Gasteiger partial charge in [-0.3, -0.25) is 0 Å². The molecule has 1 aromatic carbocycles. The standard InChI is InChI=1S/C14H12FN3O2/c15-11-4-2-1-3-10(11)13-17-12(9-16)14(20-13)18-5-7-19-8-6-18/h1-4H,5-8H2. The van der Waals surface area contributed by atoms with Crippen LogP contribution in [0.2, 0.25) is 0 Å². The Labute approximate surface area is 115 Å². The molecule has 1 aliphatic rings. The predicted octanol–water partition coefficient (Wildman–Crippen LogP) is 2.19. The highest BCUT2D eigenvalue weighted by Crippen LogP contribution is 2.29. The summed E-state index contributed by atoms with van der Waals surface area (Å²) in [4.78, 5) is 5.97. The van der Waals surface area contributed by atoms with E-state index in [1.807, 2.05) is 11.0 Å². The summed E-state index contributed by atoms with van der Waals surface area (Å²) in [5.74, 6) is 0.0852. The first kappa shape index (κ1) is 12.6. The van der Waals surface area contributed by atoms with Gasteiger partial charge in [0.25, 0.3) is 0 Å². The van der Waals surface area contributed by atoms with Crippen LogP contribution in [0, 0.1) is 17.1 Å². The topological polar surface area (TPSA) is 62.3 Å². The molecule has 102 valence electrons. The Kier molecular flexibility index (Phi) is 3.35. The zero-order chi connectivity index (χ0) is 13.9. The SMILES string of the molecule is N#Cc1nc(-c2ccccc2F)oc1N1CCOCC1. The van der Waals surface area contributed by atoms with Crippen molar-refractivity contribution < 1.29 is 13.5 Å². The van der Waals surface area contributed by atoms with Crippen LogP contribution in [0.25, 0.3) is 11.5 Å². The Bertz CT molecular complexity index is 657. The van der Waals surface area contributed by atoms with Gasteiger partial charge in [-0.05, 0) is 12.1 Å². The highest BCUT2D eigenvalue weighted by molar-refractivity contribution is 5.60. The average Bonchev–Trinajstić information content (AvgIpc) is 2.92. The zero-order valence-electron chi connectivity index (χ0n) is 10.7. The number of aromatic nitrogens is 1. The van der Waals surface area contributed by atoms with Gasteiger partial charge in [0.1, 0.15) is 11.9 Å².